The second-order valence-electron chi connectivity index (χ2n) is 6.48. The summed E-state index contributed by atoms with van der Waals surface area (Å²) in [5.41, 5.74) is 3.25. The van der Waals surface area contributed by atoms with Crippen molar-refractivity contribution in [3.63, 3.8) is 0 Å². The van der Waals surface area contributed by atoms with Crippen molar-refractivity contribution >= 4 is 29.0 Å². The fourth-order valence-corrected chi connectivity index (χ4v) is 3.66. The molecule has 2 aromatic heterocycles. The van der Waals surface area contributed by atoms with Crippen LogP contribution in [0.3, 0.4) is 0 Å². The number of thioether (sulfide) groups is 1. The predicted octanol–water partition coefficient (Wildman–Crippen LogP) is 4.89. The Hall–Kier alpha value is -3.69. The van der Waals surface area contributed by atoms with E-state index in [2.05, 4.69) is 16.2 Å². The number of hydrogen-bond acceptors (Lipinski definition) is 4. The number of imidazole rings is 1. The molecule has 0 aliphatic heterocycles. The summed E-state index contributed by atoms with van der Waals surface area (Å²) in [6.45, 7) is 0.215. The Morgan fingerprint density at radius 2 is 1.90 bits per heavy atom. The minimum atomic E-state index is -0.163. The summed E-state index contributed by atoms with van der Waals surface area (Å²) in [6, 6.07) is 20.6. The molecule has 0 unspecified atom stereocenters. The van der Waals surface area contributed by atoms with Crippen LogP contribution in [0.2, 0.25) is 0 Å². The van der Waals surface area contributed by atoms with Crippen LogP contribution < -0.4 is 10.1 Å². The maximum absolute atomic E-state index is 12.5. The van der Waals surface area contributed by atoms with Crippen molar-refractivity contribution in [2.75, 3.05) is 11.9 Å². The van der Waals surface area contributed by atoms with Gasteiger partial charge in [-0.25, -0.2) is 4.98 Å². The highest BCUT2D eigenvalue weighted by Crippen LogP contribution is 2.23. The van der Waals surface area contributed by atoms with Crippen LogP contribution >= 0.6 is 11.8 Å². The lowest BCUT2D eigenvalue weighted by Gasteiger charge is -2.07. The number of pyridine rings is 1. The van der Waals surface area contributed by atoms with Crippen molar-refractivity contribution in [2.45, 2.75) is 10.6 Å². The summed E-state index contributed by atoms with van der Waals surface area (Å²) in [5, 5.41) is 2.88. The molecule has 0 saturated carbocycles. The van der Waals surface area contributed by atoms with Crippen molar-refractivity contribution in [3.8, 4) is 18.1 Å². The van der Waals surface area contributed by atoms with Crippen molar-refractivity contribution in [3.05, 3.63) is 90.4 Å². The largest absolute Gasteiger partial charge is 0.481 e. The molecule has 4 rings (SSSR count). The summed E-state index contributed by atoms with van der Waals surface area (Å²) in [7, 11) is 0. The smallest absolute Gasteiger partial charge is 0.255 e. The number of benzene rings is 2. The predicted molar refractivity (Wildman–Crippen MR) is 120 cm³/mol. The molecule has 5 nitrogen and oxygen atoms in total. The number of fused-ring (bicyclic) bond motifs is 1. The molecule has 0 radical (unpaired) electrons. The van der Waals surface area contributed by atoms with Gasteiger partial charge in [0.1, 0.15) is 18.0 Å². The number of rotatable bonds is 7. The van der Waals surface area contributed by atoms with E-state index >= 15 is 0 Å². The topological polar surface area (TPSA) is 55.6 Å². The Kier molecular flexibility index (Phi) is 6.02. The van der Waals surface area contributed by atoms with Gasteiger partial charge in [0.05, 0.1) is 5.69 Å². The number of anilines is 1. The van der Waals surface area contributed by atoms with Crippen LogP contribution in [-0.2, 0) is 5.75 Å². The first-order valence-corrected chi connectivity index (χ1v) is 10.3. The normalized spacial score (nSPS) is 10.5. The Balaban J connectivity index is 1.33. The Bertz CT molecular complexity index is 1160. The molecule has 2 aromatic carbocycles. The number of ether oxygens (including phenoxy) is 1. The molecular weight excluding hydrogens is 394 g/mol. The number of carbonyl (C=O) groups excluding carboxylic acids is 1. The van der Waals surface area contributed by atoms with E-state index in [0.717, 1.165) is 22.0 Å². The second kappa shape index (κ2) is 9.21. The third-order valence-electron chi connectivity index (χ3n) is 4.35. The second-order valence-corrected chi connectivity index (χ2v) is 7.53. The minimum absolute atomic E-state index is 0.163. The molecule has 0 bridgehead atoms. The molecule has 2 heterocycles. The molecule has 30 heavy (non-hydrogen) atoms. The molecule has 6 heteroatoms. The third kappa shape index (κ3) is 4.83. The van der Waals surface area contributed by atoms with Crippen LogP contribution in [-0.4, -0.2) is 21.9 Å². The minimum Gasteiger partial charge on any atom is -0.481 e. The quantitative estimate of drug-likeness (QED) is 0.346. The van der Waals surface area contributed by atoms with Crippen molar-refractivity contribution in [2.24, 2.45) is 0 Å². The van der Waals surface area contributed by atoms with Gasteiger partial charge in [-0.2, -0.15) is 0 Å². The van der Waals surface area contributed by atoms with E-state index in [0.29, 0.717) is 17.0 Å². The van der Waals surface area contributed by atoms with Crippen molar-refractivity contribution < 1.29 is 9.53 Å². The van der Waals surface area contributed by atoms with Gasteiger partial charge in [0.15, 0.2) is 0 Å². The zero-order chi connectivity index (χ0) is 20.8. The number of terminal acetylenes is 1. The van der Waals surface area contributed by atoms with Crippen LogP contribution in [0.1, 0.15) is 16.1 Å². The lowest BCUT2D eigenvalue weighted by molar-refractivity contribution is 0.102. The summed E-state index contributed by atoms with van der Waals surface area (Å²) in [4.78, 5) is 18.2. The summed E-state index contributed by atoms with van der Waals surface area (Å²) in [5.74, 6) is 3.68. The van der Waals surface area contributed by atoms with Crippen LogP contribution in [0.25, 0.3) is 5.65 Å². The number of aromatic nitrogens is 2. The van der Waals surface area contributed by atoms with E-state index in [1.54, 1.807) is 36.0 Å². The SMILES string of the molecule is C#CCOc1ccc(NC(=O)c2ccc(SCc3cn4ccccc4n3)cc2)cc1. The summed E-state index contributed by atoms with van der Waals surface area (Å²) >= 11 is 1.69. The van der Waals surface area contributed by atoms with Gasteiger partial charge in [-0.3, -0.25) is 4.79 Å². The van der Waals surface area contributed by atoms with Crippen LogP contribution in [0, 0.1) is 12.3 Å². The van der Waals surface area contributed by atoms with Crippen LogP contribution in [0.5, 0.6) is 5.75 Å². The molecule has 1 N–H and O–H groups in total. The molecule has 1 amide bonds. The zero-order valence-corrected chi connectivity index (χ0v) is 16.9. The molecule has 0 spiro atoms. The number of nitrogens with zero attached hydrogens (tertiary/aromatic N) is 2. The molecule has 0 saturated heterocycles. The molecule has 0 fully saturated rings. The number of hydrogen-bond donors (Lipinski definition) is 1. The monoisotopic (exact) mass is 413 g/mol. The van der Waals surface area contributed by atoms with Gasteiger partial charge in [-0.15, -0.1) is 18.2 Å². The van der Waals surface area contributed by atoms with E-state index in [1.807, 2.05) is 59.3 Å². The molecule has 0 aliphatic carbocycles. The number of amides is 1. The summed E-state index contributed by atoms with van der Waals surface area (Å²) in [6.07, 6.45) is 9.20. The first kappa shape index (κ1) is 19.6. The van der Waals surface area contributed by atoms with Gasteiger partial charge in [0.2, 0.25) is 0 Å². The first-order chi connectivity index (χ1) is 14.7. The van der Waals surface area contributed by atoms with Crippen molar-refractivity contribution in [1.82, 2.24) is 9.38 Å². The van der Waals surface area contributed by atoms with Crippen LogP contribution in [0.4, 0.5) is 5.69 Å². The Morgan fingerprint density at radius 1 is 1.10 bits per heavy atom. The molecule has 4 aromatic rings. The van der Waals surface area contributed by atoms with E-state index in [4.69, 9.17) is 11.2 Å². The average Bonchev–Trinajstić information content (AvgIpc) is 3.20. The van der Waals surface area contributed by atoms with Gasteiger partial charge in [0.25, 0.3) is 5.91 Å². The Labute approximate surface area is 179 Å². The molecule has 0 atom stereocenters. The lowest BCUT2D eigenvalue weighted by atomic mass is 10.2. The standard InChI is InChI=1S/C24H19N3O2S/c1-2-15-29-21-10-8-19(9-11-21)26-24(28)18-6-12-22(13-7-18)30-17-20-16-27-14-4-3-5-23(27)25-20/h1,3-14,16H,15,17H2,(H,26,28). The van der Waals surface area contributed by atoms with Gasteiger partial charge in [0, 0.05) is 34.3 Å². The zero-order valence-electron chi connectivity index (χ0n) is 16.1. The summed E-state index contributed by atoms with van der Waals surface area (Å²) < 4.78 is 7.34. The first-order valence-electron chi connectivity index (χ1n) is 9.34. The van der Waals surface area contributed by atoms with Gasteiger partial charge >= 0.3 is 0 Å². The lowest BCUT2D eigenvalue weighted by Crippen LogP contribution is -2.11. The van der Waals surface area contributed by atoms with Gasteiger partial charge in [-0.1, -0.05) is 12.0 Å². The molecule has 0 aliphatic rings. The number of nitrogens with one attached hydrogen (secondary N) is 1. The third-order valence-corrected chi connectivity index (χ3v) is 5.40. The highest BCUT2D eigenvalue weighted by molar-refractivity contribution is 7.98. The van der Waals surface area contributed by atoms with E-state index in [9.17, 15) is 4.79 Å². The van der Waals surface area contributed by atoms with E-state index in [-0.39, 0.29) is 12.5 Å². The Morgan fingerprint density at radius 3 is 2.63 bits per heavy atom. The maximum Gasteiger partial charge on any atom is 0.255 e. The fourth-order valence-electron chi connectivity index (χ4n) is 2.88. The number of carbonyl (C=O) groups is 1. The van der Waals surface area contributed by atoms with Gasteiger partial charge in [-0.05, 0) is 60.7 Å². The van der Waals surface area contributed by atoms with E-state index in [1.165, 1.54) is 0 Å². The molecular formula is C24H19N3O2S. The highest BCUT2D eigenvalue weighted by Gasteiger charge is 2.07. The average molecular weight is 414 g/mol. The highest BCUT2D eigenvalue weighted by atomic mass is 32.2. The fraction of sp³-hybridized carbons (Fsp3) is 0.0833. The van der Waals surface area contributed by atoms with Crippen LogP contribution in [0.15, 0.2) is 84.0 Å². The molecule has 148 valence electrons. The van der Waals surface area contributed by atoms with Gasteiger partial charge < -0.3 is 14.5 Å². The van der Waals surface area contributed by atoms with Crippen molar-refractivity contribution in [1.29, 1.82) is 0 Å². The maximum atomic E-state index is 12.5. The van der Waals surface area contributed by atoms with E-state index < -0.39 is 0 Å².